The molecule has 146 valence electrons. The molecule has 0 spiro atoms. The normalized spacial score (nSPS) is 10.6. The van der Waals surface area contributed by atoms with E-state index in [9.17, 15) is 9.59 Å². The van der Waals surface area contributed by atoms with Crippen LogP contribution in [0.2, 0.25) is 0 Å². The molecule has 0 unspecified atom stereocenters. The Morgan fingerprint density at radius 2 is 1.89 bits per heavy atom. The highest BCUT2D eigenvalue weighted by Gasteiger charge is 2.11. The van der Waals surface area contributed by atoms with E-state index in [-0.39, 0.29) is 19.1 Å². The number of fused-ring (bicyclic) bond motifs is 1. The second kappa shape index (κ2) is 9.85. The highest BCUT2D eigenvalue weighted by Crippen LogP contribution is 2.21. The van der Waals surface area contributed by atoms with Crippen LogP contribution in [-0.2, 0) is 16.1 Å². The van der Waals surface area contributed by atoms with E-state index >= 15 is 0 Å². The predicted molar refractivity (Wildman–Crippen MR) is 109 cm³/mol. The number of hydrogen-bond acceptors (Lipinski definition) is 6. The Kier molecular flexibility index (Phi) is 6.97. The molecule has 6 nitrogen and oxygen atoms in total. The molecule has 2 aromatic carbocycles. The van der Waals surface area contributed by atoms with Crippen LogP contribution in [0.25, 0.3) is 10.2 Å². The van der Waals surface area contributed by atoms with Crippen LogP contribution in [0.5, 0.6) is 5.75 Å². The number of thiazole rings is 1. The summed E-state index contributed by atoms with van der Waals surface area (Å²) in [7, 11) is 0. The lowest BCUT2D eigenvalue weighted by molar-refractivity contribution is -0.143. The first kappa shape index (κ1) is 19.8. The van der Waals surface area contributed by atoms with Crippen molar-refractivity contribution in [1.82, 2.24) is 10.3 Å². The summed E-state index contributed by atoms with van der Waals surface area (Å²) >= 11 is 1.48. The molecule has 0 saturated heterocycles. The number of hydrogen-bond donors (Lipinski definition) is 1. The third-order valence-electron chi connectivity index (χ3n) is 3.97. The SMILES string of the molecule is CCCCOc1ccc(C(=O)NCC(=O)OCc2nc3ccccc3s2)cc1. The van der Waals surface area contributed by atoms with Gasteiger partial charge in [-0.15, -0.1) is 11.3 Å². The summed E-state index contributed by atoms with van der Waals surface area (Å²) in [6.07, 6.45) is 2.05. The topological polar surface area (TPSA) is 77.5 Å². The molecule has 28 heavy (non-hydrogen) atoms. The van der Waals surface area contributed by atoms with Gasteiger partial charge in [0.05, 0.1) is 16.8 Å². The molecule has 0 atom stereocenters. The quantitative estimate of drug-likeness (QED) is 0.436. The molecule has 1 aromatic heterocycles. The predicted octanol–water partition coefficient (Wildman–Crippen LogP) is 3.95. The van der Waals surface area contributed by atoms with Crippen molar-refractivity contribution < 1.29 is 19.1 Å². The minimum absolute atomic E-state index is 0.0951. The van der Waals surface area contributed by atoms with E-state index in [2.05, 4.69) is 17.2 Å². The Labute approximate surface area is 167 Å². The first-order chi connectivity index (χ1) is 13.7. The molecule has 0 aliphatic rings. The summed E-state index contributed by atoms with van der Waals surface area (Å²) < 4.78 is 11.8. The van der Waals surface area contributed by atoms with Crippen LogP contribution >= 0.6 is 11.3 Å². The van der Waals surface area contributed by atoms with E-state index < -0.39 is 5.97 Å². The fourth-order valence-electron chi connectivity index (χ4n) is 2.47. The fraction of sp³-hybridized carbons (Fsp3) is 0.286. The number of nitrogens with one attached hydrogen (secondary N) is 1. The summed E-state index contributed by atoms with van der Waals surface area (Å²) in [5.74, 6) is -0.121. The van der Waals surface area contributed by atoms with Crippen LogP contribution in [0.15, 0.2) is 48.5 Å². The monoisotopic (exact) mass is 398 g/mol. The van der Waals surface area contributed by atoms with Gasteiger partial charge >= 0.3 is 5.97 Å². The molecule has 0 aliphatic carbocycles. The highest BCUT2D eigenvalue weighted by atomic mass is 32.1. The second-order valence-corrected chi connectivity index (χ2v) is 7.26. The van der Waals surface area contributed by atoms with Crippen molar-refractivity contribution in [2.45, 2.75) is 26.4 Å². The van der Waals surface area contributed by atoms with Crippen LogP contribution in [0.3, 0.4) is 0 Å². The maximum Gasteiger partial charge on any atom is 0.325 e. The number of unbranched alkanes of at least 4 members (excludes halogenated alkanes) is 1. The average Bonchev–Trinajstić information content (AvgIpc) is 3.14. The Balaban J connectivity index is 1.42. The number of amides is 1. The average molecular weight is 398 g/mol. The van der Waals surface area contributed by atoms with Gasteiger partial charge in [0, 0.05) is 5.56 Å². The molecule has 0 aliphatic heterocycles. The van der Waals surface area contributed by atoms with Gasteiger partial charge in [-0.1, -0.05) is 25.5 Å². The molecule has 1 heterocycles. The van der Waals surface area contributed by atoms with Gasteiger partial charge in [0.1, 0.15) is 23.9 Å². The van der Waals surface area contributed by atoms with Crippen molar-refractivity contribution >= 4 is 33.4 Å². The van der Waals surface area contributed by atoms with Gasteiger partial charge in [-0.05, 0) is 42.8 Å². The zero-order valence-electron chi connectivity index (χ0n) is 15.6. The Morgan fingerprint density at radius 3 is 2.64 bits per heavy atom. The van der Waals surface area contributed by atoms with Gasteiger partial charge in [-0.2, -0.15) is 0 Å². The van der Waals surface area contributed by atoms with Gasteiger partial charge in [-0.25, -0.2) is 4.98 Å². The van der Waals surface area contributed by atoms with Gasteiger partial charge in [0.2, 0.25) is 0 Å². The second-order valence-electron chi connectivity index (χ2n) is 6.15. The van der Waals surface area contributed by atoms with Gasteiger partial charge in [0.25, 0.3) is 5.91 Å². The number of esters is 1. The number of nitrogens with zero attached hydrogens (tertiary/aromatic N) is 1. The molecule has 0 saturated carbocycles. The van der Waals surface area contributed by atoms with Crippen molar-refractivity contribution in [3.63, 3.8) is 0 Å². The van der Waals surface area contributed by atoms with Gasteiger partial charge < -0.3 is 14.8 Å². The zero-order chi connectivity index (χ0) is 19.8. The van der Waals surface area contributed by atoms with Crippen LogP contribution in [0, 0.1) is 0 Å². The molecule has 0 fully saturated rings. The third-order valence-corrected chi connectivity index (χ3v) is 4.98. The summed E-state index contributed by atoms with van der Waals surface area (Å²) in [6.45, 7) is 2.65. The fourth-order valence-corrected chi connectivity index (χ4v) is 3.35. The van der Waals surface area contributed by atoms with Crippen molar-refractivity contribution in [2.24, 2.45) is 0 Å². The molecule has 1 amide bonds. The first-order valence-corrected chi connectivity index (χ1v) is 9.98. The number of para-hydroxylation sites is 1. The minimum Gasteiger partial charge on any atom is -0.494 e. The number of benzene rings is 2. The number of ether oxygens (including phenoxy) is 2. The summed E-state index contributed by atoms with van der Waals surface area (Å²) in [5, 5.41) is 3.28. The lowest BCUT2D eigenvalue weighted by Gasteiger charge is -2.07. The van der Waals surface area contributed by atoms with Crippen molar-refractivity contribution in [1.29, 1.82) is 0 Å². The zero-order valence-corrected chi connectivity index (χ0v) is 16.5. The van der Waals surface area contributed by atoms with Crippen LogP contribution in [0.4, 0.5) is 0 Å². The molecule has 7 heteroatoms. The minimum atomic E-state index is -0.507. The molecular formula is C21H22N2O4S. The Bertz CT molecular complexity index is 904. The smallest absolute Gasteiger partial charge is 0.325 e. The van der Waals surface area contributed by atoms with E-state index in [1.165, 1.54) is 11.3 Å². The standard InChI is InChI=1S/C21H22N2O4S/c1-2-3-12-26-16-10-8-15(9-11-16)21(25)22-13-20(24)27-14-19-23-17-6-4-5-7-18(17)28-19/h4-11H,2-3,12-14H2,1H3,(H,22,25). The van der Waals surface area contributed by atoms with Crippen LogP contribution < -0.4 is 10.1 Å². The summed E-state index contributed by atoms with van der Waals surface area (Å²) in [6, 6.07) is 14.6. The highest BCUT2D eigenvalue weighted by molar-refractivity contribution is 7.18. The maximum absolute atomic E-state index is 12.1. The van der Waals surface area contributed by atoms with E-state index in [0.717, 1.165) is 33.8 Å². The van der Waals surface area contributed by atoms with E-state index in [1.807, 2.05) is 24.3 Å². The van der Waals surface area contributed by atoms with E-state index in [1.54, 1.807) is 24.3 Å². The largest absolute Gasteiger partial charge is 0.494 e. The molecule has 0 bridgehead atoms. The Morgan fingerprint density at radius 1 is 1.11 bits per heavy atom. The van der Waals surface area contributed by atoms with Gasteiger partial charge in [-0.3, -0.25) is 9.59 Å². The number of carbonyl (C=O) groups is 2. The number of aromatic nitrogens is 1. The van der Waals surface area contributed by atoms with Crippen LogP contribution in [-0.4, -0.2) is 30.0 Å². The third kappa shape index (κ3) is 5.53. The van der Waals surface area contributed by atoms with Crippen molar-refractivity contribution in [3.8, 4) is 5.75 Å². The molecular weight excluding hydrogens is 376 g/mol. The molecule has 3 aromatic rings. The van der Waals surface area contributed by atoms with E-state index in [4.69, 9.17) is 9.47 Å². The van der Waals surface area contributed by atoms with Crippen LogP contribution in [0.1, 0.15) is 35.1 Å². The maximum atomic E-state index is 12.1. The number of carbonyl (C=O) groups excluding carboxylic acids is 2. The van der Waals surface area contributed by atoms with Crippen molar-refractivity contribution in [3.05, 3.63) is 59.1 Å². The molecule has 1 N–H and O–H groups in total. The molecule has 3 rings (SSSR count). The van der Waals surface area contributed by atoms with Gasteiger partial charge in [0.15, 0.2) is 0 Å². The summed E-state index contributed by atoms with van der Waals surface area (Å²) in [4.78, 5) is 28.4. The lowest BCUT2D eigenvalue weighted by Crippen LogP contribution is -2.30. The van der Waals surface area contributed by atoms with E-state index in [0.29, 0.717) is 12.2 Å². The summed E-state index contributed by atoms with van der Waals surface area (Å²) in [5.41, 5.74) is 1.34. The number of rotatable bonds is 9. The lowest BCUT2D eigenvalue weighted by atomic mass is 10.2. The Hall–Kier alpha value is -2.93. The first-order valence-electron chi connectivity index (χ1n) is 9.17. The molecule has 0 radical (unpaired) electrons. The van der Waals surface area contributed by atoms with Crippen molar-refractivity contribution in [2.75, 3.05) is 13.2 Å².